The second kappa shape index (κ2) is 11.0. The third-order valence-corrected chi connectivity index (χ3v) is 4.14. The molecule has 144 valence electrons. The number of aromatic hydroxyl groups is 1. The molecule has 0 amide bonds. The third kappa shape index (κ3) is 7.13. The van der Waals surface area contributed by atoms with Crippen molar-refractivity contribution >= 4 is 11.9 Å². The summed E-state index contributed by atoms with van der Waals surface area (Å²) >= 11 is 0. The summed E-state index contributed by atoms with van der Waals surface area (Å²) in [4.78, 5) is 23.0. The molecule has 0 heterocycles. The number of unbranched alkanes of at least 4 members (excludes halogenated alkanes) is 3. The van der Waals surface area contributed by atoms with E-state index in [9.17, 15) is 14.7 Å². The van der Waals surface area contributed by atoms with E-state index in [4.69, 9.17) is 9.47 Å². The minimum Gasteiger partial charge on any atom is -0.508 e. The molecule has 2 aromatic carbocycles. The Morgan fingerprint density at radius 1 is 0.778 bits per heavy atom. The quantitative estimate of drug-likeness (QED) is 0.483. The van der Waals surface area contributed by atoms with E-state index in [2.05, 4.69) is 0 Å². The topological polar surface area (TPSA) is 72.8 Å². The predicted octanol–water partition coefficient (Wildman–Crippen LogP) is 4.73. The van der Waals surface area contributed by atoms with Gasteiger partial charge in [-0.1, -0.05) is 31.2 Å². The number of esters is 2. The molecule has 5 nitrogen and oxygen atoms in total. The van der Waals surface area contributed by atoms with Gasteiger partial charge in [0.25, 0.3) is 0 Å². The minimum atomic E-state index is -0.330. The summed E-state index contributed by atoms with van der Waals surface area (Å²) in [5.41, 5.74) is 2.46. The van der Waals surface area contributed by atoms with Gasteiger partial charge < -0.3 is 14.6 Å². The van der Waals surface area contributed by atoms with Gasteiger partial charge in [-0.25, -0.2) is 4.79 Å². The van der Waals surface area contributed by atoms with Gasteiger partial charge >= 0.3 is 11.9 Å². The Morgan fingerprint density at radius 3 is 1.85 bits per heavy atom. The second-order valence-corrected chi connectivity index (χ2v) is 6.25. The number of rotatable bonds is 10. The van der Waals surface area contributed by atoms with Crippen LogP contribution in [0, 0.1) is 0 Å². The van der Waals surface area contributed by atoms with Crippen LogP contribution in [-0.2, 0) is 14.3 Å². The summed E-state index contributed by atoms with van der Waals surface area (Å²) in [6.07, 6.45) is 3.90. The van der Waals surface area contributed by atoms with E-state index in [1.165, 1.54) is 0 Å². The zero-order valence-corrected chi connectivity index (χ0v) is 15.6. The summed E-state index contributed by atoms with van der Waals surface area (Å²) in [6.45, 7) is 2.62. The van der Waals surface area contributed by atoms with Crippen LogP contribution in [0.2, 0.25) is 0 Å². The number of benzene rings is 2. The summed E-state index contributed by atoms with van der Waals surface area (Å²) in [5.74, 6) is -0.273. The van der Waals surface area contributed by atoms with E-state index in [0.717, 1.165) is 36.8 Å². The molecule has 27 heavy (non-hydrogen) atoms. The van der Waals surface area contributed by atoms with E-state index in [-0.39, 0.29) is 17.7 Å². The molecule has 2 aromatic rings. The standard InChI is InChI=1S/C22H26O5/c1-2-21(24)26-15-5-3-4-6-16-27-22(25)19-9-7-17(8-10-19)18-11-13-20(23)14-12-18/h7-14,23H,2-6,15-16H2,1H3. The fourth-order valence-electron chi connectivity index (χ4n) is 2.55. The lowest BCUT2D eigenvalue weighted by Crippen LogP contribution is -2.06. The van der Waals surface area contributed by atoms with Crippen LogP contribution in [0.15, 0.2) is 48.5 Å². The number of hydrogen-bond acceptors (Lipinski definition) is 5. The lowest BCUT2D eigenvalue weighted by Gasteiger charge is -2.07. The highest BCUT2D eigenvalue weighted by Gasteiger charge is 2.07. The molecule has 0 atom stereocenters. The average Bonchev–Trinajstić information content (AvgIpc) is 2.70. The van der Waals surface area contributed by atoms with Crippen molar-refractivity contribution in [2.75, 3.05) is 13.2 Å². The van der Waals surface area contributed by atoms with Crippen molar-refractivity contribution in [2.45, 2.75) is 39.0 Å². The third-order valence-electron chi connectivity index (χ3n) is 4.14. The first kappa shape index (κ1) is 20.5. The first-order chi connectivity index (χ1) is 13.1. The number of ether oxygens (including phenoxy) is 2. The van der Waals surface area contributed by atoms with E-state index in [1.54, 1.807) is 31.2 Å². The van der Waals surface area contributed by atoms with Gasteiger partial charge in [0.2, 0.25) is 0 Å². The molecule has 2 rings (SSSR count). The molecule has 0 aliphatic rings. The molecular weight excluding hydrogens is 344 g/mol. The largest absolute Gasteiger partial charge is 0.508 e. The van der Waals surface area contributed by atoms with Crippen molar-refractivity contribution in [1.29, 1.82) is 0 Å². The summed E-state index contributed by atoms with van der Waals surface area (Å²) < 4.78 is 10.3. The SMILES string of the molecule is CCC(=O)OCCCCCCOC(=O)c1ccc(-c2ccc(O)cc2)cc1. The van der Waals surface area contributed by atoms with E-state index in [0.29, 0.717) is 25.2 Å². The van der Waals surface area contributed by atoms with Crippen LogP contribution >= 0.6 is 0 Å². The van der Waals surface area contributed by atoms with Gasteiger partial charge in [-0.15, -0.1) is 0 Å². The number of carbonyl (C=O) groups is 2. The Hall–Kier alpha value is -2.82. The van der Waals surface area contributed by atoms with Crippen LogP contribution in [0.25, 0.3) is 11.1 Å². The smallest absolute Gasteiger partial charge is 0.338 e. The normalized spacial score (nSPS) is 10.4. The minimum absolute atomic E-state index is 0.166. The fourth-order valence-corrected chi connectivity index (χ4v) is 2.55. The Morgan fingerprint density at radius 2 is 1.30 bits per heavy atom. The average molecular weight is 370 g/mol. The van der Waals surface area contributed by atoms with Crippen LogP contribution in [0.5, 0.6) is 5.75 Å². The first-order valence-electron chi connectivity index (χ1n) is 9.32. The molecule has 0 radical (unpaired) electrons. The van der Waals surface area contributed by atoms with Crippen molar-refractivity contribution in [2.24, 2.45) is 0 Å². The molecule has 1 N–H and O–H groups in total. The molecule has 0 saturated heterocycles. The van der Waals surface area contributed by atoms with Crippen LogP contribution in [0.4, 0.5) is 0 Å². The van der Waals surface area contributed by atoms with Gasteiger partial charge in [0.1, 0.15) is 5.75 Å². The summed E-state index contributed by atoms with van der Waals surface area (Å²) in [7, 11) is 0. The van der Waals surface area contributed by atoms with Gasteiger partial charge in [-0.3, -0.25) is 4.79 Å². The van der Waals surface area contributed by atoms with Crippen LogP contribution < -0.4 is 0 Å². The molecule has 0 aromatic heterocycles. The highest BCUT2D eigenvalue weighted by molar-refractivity contribution is 5.90. The van der Waals surface area contributed by atoms with Crippen molar-refractivity contribution in [1.82, 2.24) is 0 Å². The Balaban J connectivity index is 1.66. The molecule has 5 heteroatoms. The van der Waals surface area contributed by atoms with Crippen molar-refractivity contribution in [3.8, 4) is 16.9 Å². The first-order valence-corrected chi connectivity index (χ1v) is 9.32. The lowest BCUT2D eigenvalue weighted by atomic mass is 10.0. The van der Waals surface area contributed by atoms with E-state index < -0.39 is 0 Å². The molecule has 0 aliphatic carbocycles. The Kier molecular flexibility index (Phi) is 8.36. The van der Waals surface area contributed by atoms with E-state index in [1.807, 2.05) is 24.3 Å². The molecule has 0 spiro atoms. The summed E-state index contributed by atoms with van der Waals surface area (Å²) in [5, 5.41) is 9.33. The van der Waals surface area contributed by atoms with Crippen LogP contribution in [0.1, 0.15) is 49.4 Å². The highest BCUT2D eigenvalue weighted by Crippen LogP contribution is 2.22. The zero-order chi connectivity index (χ0) is 19.5. The number of carbonyl (C=O) groups excluding carboxylic acids is 2. The van der Waals surface area contributed by atoms with Crippen molar-refractivity contribution in [3.63, 3.8) is 0 Å². The van der Waals surface area contributed by atoms with Gasteiger partial charge in [0.05, 0.1) is 18.8 Å². The number of phenolic OH excluding ortho intramolecular Hbond substituents is 1. The molecule has 0 unspecified atom stereocenters. The molecular formula is C22H26O5. The van der Waals surface area contributed by atoms with Crippen LogP contribution in [-0.4, -0.2) is 30.3 Å². The van der Waals surface area contributed by atoms with Crippen molar-refractivity contribution in [3.05, 3.63) is 54.1 Å². The zero-order valence-electron chi connectivity index (χ0n) is 15.6. The molecule has 0 bridgehead atoms. The Bertz CT molecular complexity index is 719. The van der Waals surface area contributed by atoms with Gasteiger partial charge in [0.15, 0.2) is 0 Å². The Labute approximate surface area is 159 Å². The van der Waals surface area contributed by atoms with Crippen LogP contribution in [0.3, 0.4) is 0 Å². The highest BCUT2D eigenvalue weighted by atomic mass is 16.5. The predicted molar refractivity (Wildman–Crippen MR) is 104 cm³/mol. The van der Waals surface area contributed by atoms with Gasteiger partial charge in [-0.2, -0.15) is 0 Å². The fraction of sp³-hybridized carbons (Fsp3) is 0.364. The molecule has 0 aliphatic heterocycles. The van der Waals surface area contributed by atoms with Gasteiger partial charge in [-0.05, 0) is 61.1 Å². The number of phenols is 1. The maximum atomic E-state index is 12.1. The number of hydrogen-bond donors (Lipinski definition) is 1. The lowest BCUT2D eigenvalue weighted by molar-refractivity contribution is -0.143. The van der Waals surface area contributed by atoms with Crippen molar-refractivity contribution < 1.29 is 24.2 Å². The second-order valence-electron chi connectivity index (χ2n) is 6.25. The van der Waals surface area contributed by atoms with Gasteiger partial charge in [0, 0.05) is 6.42 Å². The maximum Gasteiger partial charge on any atom is 0.338 e. The summed E-state index contributed by atoms with van der Waals surface area (Å²) in [6, 6.07) is 14.1. The van der Waals surface area contributed by atoms with E-state index >= 15 is 0 Å². The molecule has 0 fully saturated rings. The monoisotopic (exact) mass is 370 g/mol. The molecule has 0 saturated carbocycles. The maximum absolute atomic E-state index is 12.1.